The maximum absolute atomic E-state index is 10.5. The van der Waals surface area contributed by atoms with Gasteiger partial charge in [-0.25, -0.2) is 0 Å². The Balaban J connectivity index is 2.27. The van der Waals surface area contributed by atoms with E-state index in [9.17, 15) is 15.0 Å². The second kappa shape index (κ2) is 12.5. The molecule has 1 aliphatic rings. The van der Waals surface area contributed by atoms with Crippen LogP contribution in [0, 0.1) is 11.8 Å². The van der Waals surface area contributed by atoms with Crippen molar-refractivity contribution < 1.29 is 20.1 Å². The van der Waals surface area contributed by atoms with Crippen molar-refractivity contribution in [3.8, 4) is 0 Å². The lowest BCUT2D eigenvalue weighted by atomic mass is 9.89. The molecule has 0 bridgehead atoms. The van der Waals surface area contributed by atoms with Gasteiger partial charge in [0.05, 0.1) is 12.2 Å². The van der Waals surface area contributed by atoms with Crippen LogP contribution >= 0.6 is 0 Å². The summed E-state index contributed by atoms with van der Waals surface area (Å²) in [5, 5.41) is 28.8. The molecule has 1 rings (SSSR count). The average Bonchev–Trinajstić information content (AvgIpc) is 2.89. The van der Waals surface area contributed by atoms with Gasteiger partial charge in [0.2, 0.25) is 0 Å². The minimum absolute atomic E-state index is 0.171. The van der Waals surface area contributed by atoms with Crippen LogP contribution in [0.4, 0.5) is 0 Å². The number of rotatable bonds is 13. The fourth-order valence-corrected chi connectivity index (χ4v) is 3.70. The van der Waals surface area contributed by atoms with Crippen LogP contribution in [-0.2, 0) is 4.79 Å². The maximum Gasteiger partial charge on any atom is 0.303 e. The summed E-state index contributed by atoms with van der Waals surface area (Å²) in [6.07, 6.45) is 14.6. The highest BCUT2D eigenvalue weighted by Crippen LogP contribution is 2.36. The summed E-state index contributed by atoms with van der Waals surface area (Å²) >= 11 is 0. The Morgan fingerprint density at radius 1 is 1.12 bits per heavy atom. The average molecular weight is 341 g/mol. The molecule has 0 heterocycles. The Bertz CT molecular complexity index is 367. The van der Waals surface area contributed by atoms with Crippen molar-refractivity contribution in [3.63, 3.8) is 0 Å². The lowest BCUT2D eigenvalue weighted by Gasteiger charge is -2.19. The Kier molecular flexibility index (Phi) is 11.0. The molecule has 2 unspecified atom stereocenters. The topological polar surface area (TPSA) is 77.8 Å². The van der Waals surface area contributed by atoms with Gasteiger partial charge >= 0.3 is 5.97 Å². The third-order valence-electron chi connectivity index (χ3n) is 5.20. The van der Waals surface area contributed by atoms with Crippen LogP contribution in [0.1, 0.15) is 84.0 Å². The zero-order chi connectivity index (χ0) is 17.8. The highest BCUT2D eigenvalue weighted by Gasteiger charge is 2.32. The number of hydrogen-bond acceptors (Lipinski definition) is 3. The molecule has 0 amide bonds. The van der Waals surface area contributed by atoms with Gasteiger partial charge in [-0.3, -0.25) is 4.79 Å². The van der Waals surface area contributed by atoms with Gasteiger partial charge in [0.25, 0.3) is 0 Å². The van der Waals surface area contributed by atoms with Crippen molar-refractivity contribution in [2.45, 2.75) is 96.2 Å². The zero-order valence-electron chi connectivity index (χ0n) is 15.2. The number of carboxylic acid groups (broad SMARTS) is 1. The number of carbonyl (C=O) groups is 1. The molecule has 24 heavy (non-hydrogen) atoms. The Labute approximate surface area is 147 Å². The molecule has 0 aromatic heterocycles. The van der Waals surface area contributed by atoms with Crippen molar-refractivity contribution in [1.29, 1.82) is 0 Å². The van der Waals surface area contributed by atoms with Gasteiger partial charge < -0.3 is 15.3 Å². The van der Waals surface area contributed by atoms with Crippen LogP contribution < -0.4 is 0 Å². The molecule has 0 saturated heterocycles. The SMILES string of the molecule is CCCCCC(O)C=C[C@H]1C(O)CC[C@@H]1CCCCCCC(=O)O. The summed E-state index contributed by atoms with van der Waals surface area (Å²) in [7, 11) is 0. The van der Waals surface area contributed by atoms with Crippen LogP contribution in [0.25, 0.3) is 0 Å². The van der Waals surface area contributed by atoms with Crippen LogP contribution in [0.3, 0.4) is 0 Å². The quantitative estimate of drug-likeness (QED) is 0.345. The predicted octanol–water partition coefficient (Wildman–Crippen LogP) is 4.30. The fraction of sp³-hybridized carbons (Fsp3) is 0.850. The molecule has 4 nitrogen and oxygen atoms in total. The molecule has 1 fully saturated rings. The Morgan fingerprint density at radius 2 is 1.88 bits per heavy atom. The van der Waals surface area contributed by atoms with Crippen LogP contribution in [0.5, 0.6) is 0 Å². The van der Waals surface area contributed by atoms with Crippen molar-refractivity contribution in [3.05, 3.63) is 12.2 Å². The van der Waals surface area contributed by atoms with E-state index in [4.69, 9.17) is 5.11 Å². The number of aliphatic hydroxyl groups is 2. The summed E-state index contributed by atoms with van der Waals surface area (Å²) in [5.41, 5.74) is 0. The van der Waals surface area contributed by atoms with E-state index in [1.165, 1.54) is 0 Å². The molecule has 4 heteroatoms. The minimum Gasteiger partial charge on any atom is -0.481 e. The van der Waals surface area contributed by atoms with E-state index in [1.807, 2.05) is 12.2 Å². The van der Waals surface area contributed by atoms with Gasteiger partial charge in [0.15, 0.2) is 0 Å². The first-order valence-electron chi connectivity index (χ1n) is 9.80. The van der Waals surface area contributed by atoms with E-state index in [0.29, 0.717) is 5.92 Å². The number of hydrogen-bond donors (Lipinski definition) is 3. The first-order chi connectivity index (χ1) is 11.5. The van der Waals surface area contributed by atoms with Gasteiger partial charge in [0, 0.05) is 12.3 Å². The normalized spacial score (nSPS) is 25.4. The van der Waals surface area contributed by atoms with E-state index in [0.717, 1.165) is 70.6 Å². The molecule has 140 valence electrons. The number of aliphatic carboxylic acids is 1. The Morgan fingerprint density at radius 3 is 2.58 bits per heavy atom. The third kappa shape index (κ3) is 8.84. The monoisotopic (exact) mass is 340 g/mol. The number of unbranched alkanes of at least 4 members (excludes halogenated alkanes) is 5. The lowest BCUT2D eigenvalue weighted by molar-refractivity contribution is -0.137. The van der Waals surface area contributed by atoms with Gasteiger partial charge in [-0.05, 0) is 38.0 Å². The van der Waals surface area contributed by atoms with Gasteiger partial charge in [-0.15, -0.1) is 0 Å². The molecule has 4 atom stereocenters. The molecule has 1 aliphatic carbocycles. The molecule has 0 aromatic rings. The Hall–Kier alpha value is -0.870. The number of aliphatic hydroxyl groups excluding tert-OH is 2. The summed E-state index contributed by atoms with van der Waals surface area (Å²) in [6.45, 7) is 2.16. The van der Waals surface area contributed by atoms with E-state index in [2.05, 4.69) is 6.92 Å². The molecule has 3 N–H and O–H groups in total. The van der Waals surface area contributed by atoms with E-state index >= 15 is 0 Å². The van der Waals surface area contributed by atoms with Crippen LogP contribution in [0.15, 0.2) is 12.2 Å². The molecule has 0 aromatic carbocycles. The summed E-state index contributed by atoms with van der Waals surface area (Å²) in [5.74, 6) is -0.0416. The summed E-state index contributed by atoms with van der Waals surface area (Å²) in [6, 6.07) is 0. The van der Waals surface area contributed by atoms with E-state index in [1.54, 1.807) is 0 Å². The summed E-state index contributed by atoms with van der Waals surface area (Å²) < 4.78 is 0. The van der Waals surface area contributed by atoms with Crippen LogP contribution in [0.2, 0.25) is 0 Å². The third-order valence-corrected chi connectivity index (χ3v) is 5.20. The van der Waals surface area contributed by atoms with E-state index < -0.39 is 5.97 Å². The molecular weight excluding hydrogens is 304 g/mol. The first kappa shape index (κ1) is 21.2. The second-order valence-corrected chi connectivity index (χ2v) is 7.28. The van der Waals surface area contributed by atoms with Crippen molar-refractivity contribution in [2.75, 3.05) is 0 Å². The van der Waals surface area contributed by atoms with Gasteiger partial charge in [-0.1, -0.05) is 57.6 Å². The highest BCUT2D eigenvalue weighted by molar-refractivity contribution is 5.66. The van der Waals surface area contributed by atoms with Crippen molar-refractivity contribution in [1.82, 2.24) is 0 Å². The smallest absolute Gasteiger partial charge is 0.303 e. The predicted molar refractivity (Wildman–Crippen MR) is 96.8 cm³/mol. The first-order valence-corrected chi connectivity index (χ1v) is 9.80. The highest BCUT2D eigenvalue weighted by atomic mass is 16.4. The molecule has 1 saturated carbocycles. The van der Waals surface area contributed by atoms with Gasteiger partial charge in [0.1, 0.15) is 0 Å². The molecular formula is C20H36O4. The minimum atomic E-state index is -0.711. The van der Waals surface area contributed by atoms with Crippen molar-refractivity contribution in [2.24, 2.45) is 11.8 Å². The molecule has 0 radical (unpaired) electrons. The fourth-order valence-electron chi connectivity index (χ4n) is 3.70. The maximum atomic E-state index is 10.5. The van der Waals surface area contributed by atoms with Crippen LogP contribution in [-0.4, -0.2) is 33.5 Å². The second-order valence-electron chi connectivity index (χ2n) is 7.28. The molecule has 0 aliphatic heterocycles. The standard InChI is InChI=1S/C20H36O4/c1-2-3-6-10-17(21)13-14-18-16(12-15-19(18)22)9-7-4-5-8-11-20(23)24/h13-14,16-19,21-22H,2-12,15H2,1H3,(H,23,24)/t16-,17?,18+,19?/m0/s1. The lowest BCUT2D eigenvalue weighted by Crippen LogP contribution is -2.17. The van der Waals surface area contributed by atoms with Gasteiger partial charge in [-0.2, -0.15) is 0 Å². The van der Waals surface area contributed by atoms with E-state index in [-0.39, 0.29) is 24.5 Å². The molecule has 0 spiro atoms. The zero-order valence-corrected chi connectivity index (χ0v) is 15.2. The largest absolute Gasteiger partial charge is 0.481 e. The number of carboxylic acids is 1. The van der Waals surface area contributed by atoms with Crippen molar-refractivity contribution >= 4 is 5.97 Å². The summed E-state index contributed by atoms with van der Waals surface area (Å²) in [4.78, 5) is 10.5.